The standard InChI is InChI=1S/C23H31N2S.ClHO4/c1-6-16-25(17-7-2)22-15-13-18(26-22)12-14-21-23(3,4)19-10-8-9-11-20(19)24(21)5;2-1(3,4)5/h8-15H,6-7,16-17H2,1-5H3;(H,2,3,4,5)/q+1;/p-1. The summed E-state index contributed by atoms with van der Waals surface area (Å²) in [4.78, 5) is 3.83. The van der Waals surface area contributed by atoms with E-state index in [-0.39, 0.29) is 5.41 Å². The van der Waals surface area contributed by atoms with Crippen molar-refractivity contribution < 1.29 is 33.5 Å². The number of allylic oxidation sites excluding steroid dienone is 1. The lowest BCUT2D eigenvalue weighted by atomic mass is 9.81. The van der Waals surface area contributed by atoms with Crippen molar-refractivity contribution in [2.45, 2.75) is 46.0 Å². The monoisotopic (exact) mass is 466 g/mol. The predicted molar refractivity (Wildman–Crippen MR) is 116 cm³/mol. The third-order valence-electron chi connectivity index (χ3n) is 5.26. The molecule has 0 amide bonds. The molecule has 0 atom stereocenters. The Bertz CT molecular complexity index is 920. The lowest BCUT2D eigenvalue weighted by Gasteiger charge is -2.21. The van der Waals surface area contributed by atoms with Crippen LogP contribution in [0.2, 0.25) is 0 Å². The highest BCUT2D eigenvalue weighted by Gasteiger charge is 2.42. The van der Waals surface area contributed by atoms with Crippen LogP contribution in [-0.2, 0) is 5.41 Å². The van der Waals surface area contributed by atoms with Crippen LogP contribution in [0.5, 0.6) is 0 Å². The molecule has 31 heavy (non-hydrogen) atoms. The molecule has 0 bridgehead atoms. The summed E-state index contributed by atoms with van der Waals surface area (Å²) in [6, 6.07) is 13.3. The fraction of sp³-hybridized carbons (Fsp3) is 0.435. The Kier molecular flexibility index (Phi) is 8.83. The minimum absolute atomic E-state index is 0.0401. The third-order valence-corrected chi connectivity index (χ3v) is 6.37. The first kappa shape index (κ1) is 25.5. The van der Waals surface area contributed by atoms with Crippen LogP contribution in [-0.4, -0.2) is 30.4 Å². The van der Waals surface area contributed by atoms with Gasteiger partial charge in [-0.05, 0) is 44.9 Å². The van der Waals surface area contributed by atoms with Gasteiger partial charge in [-0.1, -0.05) is 32.0 Å². The van der Waals surface area contributed by atoms with E-state index in [9.17, 15) is 0 Å². The maximum Gasteiger partial charge on any atom is 0.209 e. The molecule has 2 heterocycles. The first-order chi connectivity index (χ1) is 14.5. The van der Waals surface area contributed by atoms with Crippen LogP contribution in [0.15, 0.2) is 42.5 Å². The molecular formula is C23H31ClN2O4S. The second kappa shape index (κ2) is 10.7. The van der Waals surface area contributed by atoms with Gasteiger partial charge in [0.2, 0.25) is 5.69 Å². The van der Waals surface area contributed by atoms with Gasteiger partial charge in [0.25, 0.3) is 0 Å². The van der Waals surface area contributed by atoms with Crippen molar-refractivity contribution in [3.63, 3.8) is 0 Å². The molecule has 6 nitrogen and oxygen atoms in total. The lowest BCUT2D eigenvalue weighted by Crippen LogP contribution is -2.68. The fourth-order valence-electron chi connectivity index (χ4n) is 3.94. The number of nitrogens with zero attached hydrogens (tertiary/aromatic N) is 2. The number of rotatable bonds is 7. The van der Waals surface area contributed by atoms with Gasteiger partial charge in [0.05, 0.1) is 10.4 Å². The first-order valence-corrected chi connectivity index (χ1v) is 12.4. The van der Waals surface area contributed by atoms with Gasteiger partial charge in [-0.2, -0.15) is 4.58 Å². The first-order valence-electron chi connectivity index (χ1n) is 10.3. The molecule has 0 N–H and O–H groups in total. The summed E-state index contributed by atoms with van der Waals surface area (Å²) in [5, 5.41) is 1.39. The van der Waals surface area contributed by atoms with Gasteiger partial charge in [0, 0.05) is 35.7 Å². The van der Waals surface area contributed by atoms with Crippen molar-refractivity contribution >= 4 is 33.8 Å². The lowest BCUT2D eigenvalue weighted by molar-refractivity contribution is -2.00. The van der Waals surface area contributed by atoms with Gasteiger partial charge in [-0.3, -0.25) is 0 Å². The van der Waals surface area contributed by atoms with E-state index in [0.717, 1.165) is 13.1 Å². The van der Waals surface area contributed by atoms with Crippen molar-refractivity contribution in [3.8, 4) is 0 Å². The number of hydrogen-bond acceptors (Lipinski definition) is 6. The van der Waals surface area contributed by atoms with Crippen LogP contribution in [0.3, 0.4) is 0 Å². The highest BCUT2D eigenvalue weighted by molar-refractivity contribution is 7.16. The Balaban J connectivity index is 0.000000614. The van der Waals surface area contributed by atoms with Gasteiger partial charge in [-0.15, -0.1) is 21.6 Å². The number of hydrogen-bond donors (Lipinski definition) is 0. The Labute approximate surface area is 191 Å². The molecule has 1 aliphatic heterocycles. The molecule has 1 aromatic heterocycles. The van der Waals surface area contributed by atoms with E-state index >= 15 is 0 Å². The van der Waals surface area contributed by atoms with E-state index in [4.69, 9.17) is 18.6 Å². The average Bonchev–Trinajstić information content (AvgIpc) is 3.21. The number of para-hydroxylation sites is 1. The van der Waals surface area contributed by atoms with Crippen molar-refractivity contribution in [1.82, 2.24) is 0 Å². The van der Waals surface area contributed by atoms with Crippen LogP contribution < -0.4 is 23.5 Å². The van der Waals surface area contributed by atoms with Crippen molar-refractivity contribution in [2.24, 2.45) is 0 Å². The number of benzene rings is 1. The molecule has 2 aromatic rings. The van der Waals surface area contributed by atoms with Crippen LogP contribution in [0.25, 0.3) is 6.08 Å². The minimum Gasteiger partial charge on any atom is -0.363 e. The second-order valence-corrected chi connectivity index (χ2v) is 9.81. The zero-order chi connectivity index (χ0) is 23.2. The van der Waals surface area contributed by atoms with Gasteiger partial charge < -0.3 is 4.90 Å². The third kappa shape index (κ3) is 6.87. The Morgan fingerprint density at radius 2 is 1.55 bits per heavy atom. The van der Waals surface area contributed by atoms with Crippen molar-refractivity contribution in [2.75, 3.05) is 25.0 Å². The predicted octanol–water partition coefficient (Wildman–Crippen LogP) is 1.34. The van der Waals surface area contributed by atoms with E-state index in [0.29, 0.717) is 0 Å². The molecule has 0 saturated heterocycles. The number of halogens is 1. The summed E-state index contributed by atoms with van der Waals surface area (Å²) in [6.45, 7) is 11.4. The molecule has 1 aliphatic rings. The van der Waals surface area contributed by atoms with Crippen molar-refractivity contribution in [3.05, 3.63) is 52.9 Å². The summed E-state index contributed by atoms with van der Waals surface area (Å²) in [5.74, 6) is 0. The minimum atomic E-state index is -4.94. The largest absolute Gasteiger partial charge is 0.363 e. The highest BCUT2D eigenvalue weighted by atomic mass is 35.7. The molecule has 0 unspecified atom stereocenters. The van der Waals surface area contributed by atoms with Gasteiger partial charge in [-0.25, -0.2) is 18.6 Å². The number of anilines is 1. The van der Waals surface area contributed by atoms with E-state index in [1.54, 1.807) is 0 Å². The zero-order valence-electron chi connectivity index (χ0n) is 18.8. The average molecular weight is 467 g/mol. The Morgan fingerprint density at radius 3 is 2.10 bits per heavy atom. The van der Waals surface area contributed by atoms with Gasteiger partial charge in [0.15, 0.2) is 5.71 Å². The van der Waals surface area contributed by atoms with E-state index in [1.165, 1.54) is 39.7 Å². The molecule has 0 spiro atoms. The van der Waals surface area contributed by atoms with E-state index in [1.807, 2.05) is 11.3 Å². The zero-order valence-corrected chi connectivity index (χ0v) is 20.3. The number of fused-ring (bicyclic) bond motifs is 1. The summed E-state index contributed by atoms with van der Waals surface area (Å²) in [5.41, 5.74) is 4.12. The van der Waals surface area contributed by atoms with Crippen molar-refractivity contribution in [1.29, 1.82) is 0 Å². The topological polar surface area (TPSA) is 98.5 Å². The molecular weight excluding hydrogens is 436 g/mol. The molecule has 170 valence electrons. The van der Waals surface area contributed by atoms with E-state index in [2.05, 4.69) is 92.8 Å². The van der Waals surface area contributed by atoms with Crippen LogP contribution in [0.1, 0.15) is 51.0 Å². The Hall–Kier alpha value is -1.74. The van der Waals surface area contributed by atoms with Crippen LogP contribution in [0, 0.1) is 10.2 Å². The molecule has 8 heteroatoms. The molecule has 0 fully saturated rings. The summed E-state index contributed by atoms with van der Waals surface area (Å²) >= 11 is 1.90. The SMILES string of the molecule is CCCN(CCC)c1ccc(C=CC2=[N+](C)c3ccccc3C2(C)C)s1.[O-][Cl+3]([O-])([O-])[O-]. The maximum absolute atomic E-state index is 8.49. The van der Waals surface area contributed by atoms with Crippen LogP contribution in [0.4, 0.5) is 10.7 Å². The molecule has 3 rings (SSSR count). The molecule has 1 aromatic carbocycles. The summed E-state index contributed by atoms with van der Waals surface area (Å²) in [6.07, 6.45) is 6.97. The number of thiophene rings is 1. The normalized spacial score (nSPS) is 15.1. The molecule has 0 radical (unpaired) electrons. The van der Waals surface area contributed by atoms with Gasteiger partial charge in [0.1, 0.15) is 7.05 Å². The maximum atomic E-state index is 8.49. The summed E-state index contributed by atoms with van der Waals surface area (Å²) < 4.78 is 36.3. The molecule has 0 saturated carbocycles. The van der Waals surface area contributed by atoms with E-state index < -0.39 is 10.2 Å². The fourth-order valence-corrected chi connectivity index (χ4v) is 4.90. The second-order valence-electron chi connectivity index (χ2n) is 7.96. The Morgan fingerprint density at radius 1 is 0.968 bits per heavy atom. The highest BCUT2D eigenvalue weighted by Crippen LogP contribution is 2.39. The van der Waals surface area contributed by atoms with Crippen LogP contribution >= 0.6 is 11.3 Å². The summed E-state index contributed by atoms with van der Waals surface area (Å²) in [7, 11) is -2.77. The van der Waals surface area contributed by atoms with Gasteiger partial charge >= 0.3 is 0 Å². The quantitative estimate of drug-likeness (QED) is 0.573. The molecule has 0 aliphatic carbocycles. The smallest absolute Gasteiger partial charge is 0.209 e.